The number of carbonyl (C=O) groups is 2. The van der Waals surface area contributed by atoms with Crippen molar-refractivity contribution in [1.82, 2.24) is 4.72 Å². The number of methoxy groups -OCH3 is 1. The molecule has 5 heterocycles. The van der Waals surface area contributed by atoms with Crippen molar-refractivity contribution in [2.45, 2.75) is 153 Å². The first-order chi connectivity index (χ1) is 37.8. The number of aliphatic carboxylic acids is 2. The van der Waals surface area contributed by atoms with Crippen molar-refractivity contribution in [3.63, 3.8) is 0 Å². The minimum atomic E-state index is -6.30. The van der Waals surface area contributed by atoms with Gasteiger partial charge in [0, 0.05) is 7.11 Å². The molecular formula is C31H45N3Na8O43S6. The number of hydrogen-bond acceptors (Lipinski definition) is 45. The maximum absolute atomic E-state index is 12.7. The molecule has 0 aliphatic carbocycles. The zero-order valence-corrected chi connectivity index (χ0v) is 69.3. The number of rotatable bonds is 26. The van der Waals surface area contributed by atoms with Crippen LogP contribution in [-0.4, -0.2) is 301 Å². The van der Waals surface area contributed by atoms with Gasteiger partial charge in [0.2, 0.25) is 52.0 Å². The van der Waals surface area contributed by atoms with Gasteiger partial charge in [0.25, 0.3) is 0 Å². The Labute approximate surface area is 693 Å². The van der Waals surface area contributed by atoms with E-state index in [2.05, 4.69) is 20.9 Å². The van der Waals surface area contributed by atoms with Crippen LogP contribution in [0.15, 0.2) is 0 Å². The van der Waals surface area contributed by atoms with Crippen molar-refractivity contribution in [2.24, 2.45) is 11.5 Å². The third-order valence-electron chi connectivity index (χ3n) is 11.9. The van der Waals surface area contributed by atoms with Crippen LogP contribution in [0.5, 0.6) is 0 Å². The molecule has 91 heavy (non-hydrogen) atoms. The first-order valence-electron chi connectivity index (χ1n) is 22.1. The zero-order valence-electron chi connectivity index (χ0n) is 48.4. The Balaban J connectivity index is -0.00000473. The Bertz CT molecular complexity index is 2980. The van der Waals surface area contributed by atoms with Crippen LogP contribution < -0.4 is 263 Å². The van der Waals surface area contributed by atoms with Crippen molar-refractivity contribution >= 4 is 74.2 Å². The Hall–Kier alpha value is 5.44. The molecule has 0 bridgehead atoms. The number of carbonyl (C=O) groups excluding carboxylic acids is 2. The number of carboxylic acid groups (broad SMARTS) is 2. The fraction of sp³-hybridized carbons (Fsp3) is 0.935. The van der Waals surface area contributed by atoms with Gasteiger partial charge >= 0.3 is 236 Å². The molecule has 0 aromatic rings. The van der Waals surface area contributed by atoms with E-state index in [4.69, 9.17) is 58.8 Å². The van der Waals surface area contributed by atoms with Crippen LogP contribution in [0.25, 0.3) is 0 Å². The first kappa shape index (κ1) is 103. The summed E-state index contributed by atoms with van der Waals surface area (Å²) in [4.78, 5) is 25.2. The van der Waals surface area contributed by atoms with E-state index in [0.29, 0.717) is 0 Å². The van der Waals surface area contributed by atoms with Crippen LogP contribution in [0.4, 0.5) is 0 Å². The quantitative estimate of drug-likeness (QED) is 0.0221. The molecule has 0 radical (unpaired) electrons. The van der Waals surface area contributed by atoms with Gasteiger partial charge in [-0.2, -0.15) is 0 Å². The second-order valence-corrected chi connectivity index (χ2v) is 23.8. The van der Waals surface area contributed by atoms with Crippen molar-refractivity contribution in [3.05, 3.63) is 0 Å². The summed E-state index contributed by atoms with van der Waals surface area (Å²) < 4.78 is 285. The molecule has 5 aliphatic heterocycles. The van der Waals surface area contributed by atoms with Crippen molar-refractivity contribution < 1.29 is 433 Å². The average molecular weight is 1520 g/mol. The number of carboxylic acids is 2. The van der Waals surface area contributed by atoms with Crippen molar-refractivity contribution in [2.75, 3.05) is 26.9 Å². The summed E-state index contributed by atoms with van der Waals surface area (Å²) in [6, 6.07) is -7.07. The fourth-order valence-corrected chi connectivity index (χ4v) is 10.9. The van der Waals surface area contributed by atoms with Crippen LogP contribution in [0.2, 0.25) is 0 Å². The van der Waals surface area contributed by atoms with Crippen molar-refractivity contribution in [3.8, 4) is 0 Å². The number of aliphatic hydroxyl groups excluding tert-OH is 6. The molecule has 0 saturated carbocycles. The van der Waals surface area contributed by atoms with Crippen LogP contribution in [-0.2, 0) is 140 Å². The van der Waals surface area contributed by atoms with Gasteiger partial charge in [0.1, 0.15) is 104 Å². The molecule has 0 aromatic carbocycles. The van der Waals surface area contributed by atoms with E-state index in [1.807, 2.05) is 0 Å². The molecule has 0 unspecified atom stereocenters. The summed E-state index contributed by atoms with van der Waals surface area (Å²) in [7, 11) is -34.8. The van der Waals surface area contributed by atoms with Crippen LogP contribution in [0.3, 0.4) is 0 Å². The maximum Gasteiger partial charge on any atom is 1.00 e. The van der Waals surface area contributed by atoms with E-state index in [1.54, 1.807) is 0 Å². The van der Waals surface area contributed by atoms with Crippen LogP contribution in [0, 0.1) is 0 Å². The van der Waals surface area contributed by atoms with Crippen LogP contribution >= 0.6 is 0 Å². The summed E-state index contributed by atoms with van der Waals surface area (Å²) in [6.45, 7) is -4.81. The molecule has 0 spiro atoms. The standard InChI is InChI=1S/C31H53N3O43S6.8Na/c1-63-29-10(34-78(45,46)47)13(37)17(6(69-29)3-65-80(51,52)53)70-31-22(77-83(60,61)62)16(40)21(24(75-31)26(43)44)73-28-9(33)19(76-82(57,58)59)18(7(68-28)4-66-81(54,55)56)71-30-15(39)14(38)20(23(74-30)25(41)42)72-27-8(32)12(36)11(35)5(67-27)2-64-79(48,49)50;;;;;;;;/h5-24,27-31,34-40H,2-4,32-33H2,1H3,(H,41,42)(H,43,44)(H,45,46,47)(H,48,49,50)(H,51,52,53)(H,54,55,56)(H,57,58,59)(H,60,61,62);;;;;;;;/q;8*+1/p-8/t5-,6-,7-,8-,9-,10-,11-,12-,13-,14-,15-,16+,17-,18-,19-,20+,21+,22-,23+,24-,27-,28+,29+,30-,31-;;;;;;;;/m1......../s1. The van der Waals surface area contributed by atoms with Gasteiger partial charge in [-0.05, 0) is 0 Å². The summed E-state index contributed by atoms with van der Waals surface area (Å²) in [5.41, 5.74) is 11.9. The first-order valence-corrected chi connectivity index (χ1v) is 30.1. The molecule has 5 fully saturated rings. The van der Waals surface area contributed by atoms with E-state index in [1.165, 1.54) is 4.72 Å². The minimum absolute atomic E-state index is 0. The molecule has 5 aliphatic rings. The summed E-state index contributed by atoms with van der Waals surface area (Å²) in [5, 5.41) is 91.0. The van der Waals surface area contributed by atoms with Gasteiger partial charge in [0.15, 0.2) is 47.9 Å². The third-order valence-corrected chi connectivity index (χ3v) is 14.7. The molecule has 0 amide bonds. The number of aliphatic hydroxyl groups is 6. The molecule has 486 valence electrons. The predicted molar refractivity (Wildman–Crippen MR) is 225 cm³/mol. The van der Waals surface area contributed by atoms with Gasteiger partial charge in [-0.3, -0.25) is 20.9 Å². The monoisotopic (exact) mass is 1520 g/mol. The molecule has 25 atom stereocenters. The van der Waals surface area contributed by atoms with E-state index in [0.717, 1.165) is 7.11 Å². The average Bonchev–Trinajstić information content (AvgIpc) is 0.794. The summed E-state index contributed by atoms with van der Waals surface area (Å²) >= 11 is 0. The molecule has 11 N–H and O–H groups in total. The Morgan fingerprint density at radius 1 is 0.407 bits per heavy atom. The largest absolute Gasteiger partial charge is 1.00 e. The number of nitrogens with two attached hydrogens (primary N) is 2. The van der Waals surface area contributed by atoms with E-state index in [9.17, 15) is 128 Å². The van der Waals surface area contributed by atoms with Gasteiger partial charge in [-0.15, -0.1) is 0 Å². The molecule has 46 nitrogen and oxygen atoms in total. The summed E-state index contributed by atoms with van der Waals surface area (Å²) in [6.07, 6.45) is -59.2. The molecule has 0 aromatic heterocycles. The van der Waals surface area contributed by atoms with Gasteiger partial charge < -0.3 is 137 Å². The smallest absolute Gasteiger partial charge is 0.735 e. The number of hydrogen-bond donors (Lipinski definition) is 9. The zero-order chi connectivity index (χ0) is 63.0. The third kappa shape index (κ3) is 30.8. The molecular weight excluding hydrogens is 1480 g/mol. The molecule has 5 saturated heterocycles. The topological polar surface area (TPSA) is 747 Å². The second kappa shape index (κ2) is 42.5. The normalized spacial score (nSPS) is 37.2. The predicted octanol–water partition coefficient (Wildman–Crippen LogP) is -41.3. The number of ether oxygens (including phenoxy) is 10. The minimum Gasteiger partial charge on any atom is -0.735 e. The van der Waals surface area contributed by atoms with E-state index < -0.39 is 247 Å². The molecule has 5 rings (SSSR count). The summed E-state index contributed by atoms with van der Waals surface area (Å²) in [5.74, 6) is -5.09. The Kier molecular flexibility index (Phi) is 48.1. The van der Waals surface area contributed by atoms with E-state index >= 15 is 0 Å². The molecule has 60 heteroatoms. The van der Waals surface area contributed by atoms with Gasteiger partial charge in [-0.1, -0.05) is 0 Å². The van der Waals surface area contributed by atoms with Gasteiger partial charge in [0.05, 0.1) is 43.8 Å². The Morgan fingerprint density at radius 2 is 0.769 bits per heavy atom. The SMILES string of the molecule is CO[C@H]1O[C@H](COS(=O)(=O)[O-])[C@@H](O[C@@H]2O[C@@H](C(=O)[O-])[C@@H](O[C@@H]3O[C@H](COS(=O)(=O)[O-])[C@@H](O[C@@H]4O[C@H](C(=O)[O-])[C@@H](O[C@H]5O[C@H](COS(=O)(=O)[O-])[C@@H](O)[C@H](O)[C@H]5N)[C@H](O)[C@H]4O)[C@H](OS(=O)(=O)[O-])[C@H]3N)[C@H](O)[C@H]2OS(=O)(=O)[O-])[C@H](O)[C@H]1NS(=O)(=O)[O-].[Na+].[Na+].[Na+].[Na+].[Na+].[Na+].[Na+].[Na+]. The van der Waals surface area contributed by atoms with Crippen LogP contribution in [0.1, 0.15) is 0 Å². The van der Waals surface area contributed by atoms with Gasteiger partial charge in [-0.25, -0.2) is 55.2 Å². The Morgan fingerprint density at radius 3 is 1.19 bits per heavy atom. The van der Waals surface area contributed by atoms with E-state index in [-0.39, 0.29) is 236 Å². The maximum atomic E-state index is 12.7. The number of nitrogens with one attached hydrogen (secondary N) is 1. The fourth-order valence-electron chi connectivity index (χ4n) is 8.41. The van der Waals surface area contributed by atoms with Crippen molar-refractivity contribution in [1.29, 1.82) is 0 Å². The second-order valence-electron chi connectivity index (χ2n) is 17.5.